The first kappa shape index (κ1) is 8.73. The Bertz CT molecular complexity index is 346. The maximum absolute atomic E-state index is 9.61. The van der Waals surface area contributed by atoms with Crippen molar-refractivity contribution < 1.29 is 5.11 Å². The van der Waals surface area contributed by atoms with Crippen LogP contribution in [-0.4, -0.2) is 11.2 Å². The summed E-state index contributed by atoms with van der Waals surface area (Å²) in [6.07, 6.45) is 0.318. The van der Waals surface area contributed by atoms with Crippen molar-refractivity contribution in [3.8, 4) is 0 Å². The molecule has 0 heterocycles. The fourth-order valence-corrected chi connectivity index (χ4v) is 2.15. The van der Waals surface area contributed by atoms with E-state index in [0.29, 0.717) is 6.42 Å². The molecule has 2 heteroatoms. The maximum atomic E-state index is 9.61. The van der Waals surface area contributed by atoms with Gasteiger partial charge in [-0.25, -0.2) is 0 Å². The van der Waals surface area contributed by atoms with Gasteiger partial charge < -0.3 is 10.8 Å². The first-order valence-corrected chi connectivity index (χ1v) is 4.63. The molecule has 0 aromatic heterocycles. The van der Waals surface area contributed by atoms with Crippen LogP contribution in [0, 0.1) is 13.8 Å². The van der Waals surface area contributed by atoms with Crippen molar-refractivity contribution in [3.63, 3.8) is 0 Å². The fraction of sp³-hybridized carbons (Fsp3) is 0.455. The van der Waals surface area contributed by atoms with E-state index in [9.17, 15) is 5.11 Å². The van der Waals surface area contributed by atoms with Crippen molar-refractivity contribution >= 4 is 0 Å². The third-order valence-corrected chi connectivity index (χ3v) is 2.84. The number of nitrogens with two attached hydrogens (primary N) is 1. The second-order valence-corrected chi connectivity index (χ2v) is 3.95. The van der Waals surface area contributed by atoms with Crippen molar-refractivity contribution in [2.24, 2.45) is 5.73 Å². The van der Waals surface area contributed by atoms with E-state index in [1.807, 2.05) is 0 Å². The van der Waals surface area contributed by atoms with Crippen molar-refractivity contribution in [2.45, 2.75) is 32.4 Å². The second-order valence-electron chi connectivity index (χ2n) is 3.95. The predicted octanol–water partition coefficient (Wildman–Crippen LogP) is 1.22. The molecule has 2 unspecified atom stereocenters. The van der Waals surface area contributed by atoms with Gasteiger partial charge in [-0.05, 0) is 30.5 Å². The lowest BCUT2D eigenvalue weighted by atomic mass is 10.0. The molecule has 2 nitrogen and oxygen atoms in total. The molecule has 0 bridgehead atoms. The van der Waals surface area contributed by atoms with Gasteiger partial charge in [-0.3, -0.25) is 0 Å². The van der Waals surface area contributed by atoms with Gasteiger partial charge >= 0.3 is 0 Å². The van der Waals surface area contributed by atoms with Gasteiger partial charge in [0.1, 0.15) is 0 Å². The van der Waals surface area contributed by atoms with E-state index in [2.05, 4.69) is 26.0 Å². The number of fused-ring (bicyclic) bond motifs is 1. The topological polar surface area (TPSA) is 46.2 Å². The first-order chi connectivity index (χ1) is 6.09. The number of hydrogen-bond donors (Lipinski definition) is 2. The van der Waals surface area contributed by atoms with E-state index in [1.54, 1.807) is 0 Å². The van der Waals surface area contributed by atoms with Crippen LogP contribution in [0.25, 0.3) is 0 Å². The molecule has 0 radical (unpaired) electrons. The van der Waals surface area contributed by atoms with E-state index < -0.39 is 6.10 Å². The summed E-state index contributed by atoms with van der Waals surface area (Å²) in [7, 11) is 0. The monoisotopic (exact) mass is 177 g/mol. The van der Waals surface area contributed by atoms with Crippen LogP contribution in [0.1, 0.15) is 28.3 Å². The lowest BCUT2D eigenvalue weighted by Crippen LogP contribution is -2.21. The Labute approximate surface area is 78.4 Å². The number of benzene rings is 1. The van der Waals surface area contributed by atoms with Crippen LogP contribution in [-0.2, 0) is 6.42 Å². The Hall–Kier alpha value is -0.860. The highest BCUT2D eigenvalue weighted by Gasteiger charge is 2.28. The van der Waals surface area contributed by atoms with Gasteiger partial charge in [0.05, 0.1) is 12.1 Å². The molecule has 70 valence electrons. The molecule has 1 aromatic rings. The third kappa shape index (κ3) is 1.26. The van der Waals surface area contributed by atoms with E-state index in [4.69, 9.17) is 5.73 Å². The molecule has 0 amide bonds. The van der Waals surface area contributed by atoms with Gasteiger partial charge in [0.2, 0.25) is 0 Å². The van der Waals surface area contributed by atoms with E-state index in [0.717, 1.165) is 5.56 Å². The van der Waals surface area contributed by atoms with E-state index in [1.165, 1.54) is 16.7 Å². The van der Waals surface area contributed by atoms with Crippen LogP contribution in [0.3, 0.4) is 0 Å². The molecule has 13 heavy (non-hydrogen) atoms. The van der Waals surface area contributed by atoms with Crippen LogP contribution >= 0.6 is 0 Å². The van der Waals surface area contributed by atoms with E-state index in [-0.39, 0.29) is 6.04 Å². The summed E-state index contributed by atoms with van der Waals surface area (Å²) in [5, 5.41) is 9.61. The Balaban J connectivity index is 2.57. The van der Waals surface area contributed by atoms with Gasteiger partial charge in [-0.1, -0.05) is 17.7 Å². The zero-order valence-corrected chi connectivity index (χ0v) is 8.04. The Kier molecular flexibility index (Phi) is 1.90. The number of aliphatic hydroxyl groups is 1. The molecule has 2 atom stereocenters. The highest BCUT2D eigenvalue weighted by atomic mass is 16.3. The van der Waals surface area contributed by atoms with Gasteiger partial charge in [-0.15, -0.1) is 0 Å². The lowest BCUT2D eigenvalue weighted by Gasteiger charge is -2.09. The maximum Gasteiger partial charge on any atom is 0.0773 e. The molecular weight excluding hydrogens is 162 g/mol. The van der Waals surface area contributed by atoms with Gasteiger partial charge in [0, 0.05) is 6.42 Å². The zero-order chi connectivity index (χ0) is 9.59. The van der Waals surface area contributed by atoms with Crippen LogP contribution in [0.5, 0.6) is 0 Å². The highest BCUT2D eigenvalue weighted by Crippen LogP contribution is 2.32. The molecule has 0 spiro atoms. The summed E-state index contributed by atoms with van der Waals surface area (Å²) in [6.45, 7) is 4.14. The molecule has 0 fully saturated rings. The summed E-state index contributed by atoms with van der Waals surface area (Å²) in [4.78, 5) is 0. The summed E-state index contributed by atoms with van der Waals surface area (Å²) in [5.41, 5.74) is 10.7. The molecule has 0 saturated carbocycles. The quantitative estimate of drug-likeness (QED) is 0.626. The number of rotatable bonds is 0. The Morgan fingerprint density at radius 1 is 1.38 bits per heavy atom. The molecule has 2 rings (SSSR count). The lowest BCUT2D eigenvalue weighted by molar-refractivity contribution is 0.158. The van der Waals surface area contributed by atoms with Crippen molar-refractivity contribution in [2.75, 3.05) is 0 Å². The molecule has 0 aliphatic heterocycles. The zero-order valence-electron chi connectivity index (χ0n) is 8.04. The summed E-state index contributed by atoms with van der Waals surface area (Å²) in [5.74, 6) is 0. The minimum absolute atomic E-state index is 0.186. The minimum atomic E-state index is -0.393. The Morgan fingerprint density at radius 3 is 2.77 bits per heavy atom. The number of aliphatic hydroxyl groups excluding tert-OH is 1. The average molecular weight is 177 g/mol. The van der Waals surface area contributed by atoms with Gasteiger partial charge in [0.25, 0.3) is 0 Å². The second kappa shape index (κ2) is 2.82. The van der Waals surface area contributed by atoms with Crippen molar-refractivity contribution in [3.05, 3.63) is 34.4 Å². The number of hydrogen-bond acceptors (Lipinski definition) is 2. The molecule has 1 aliphatic carbocycles. The first-order valence-electron chi connectivity index (χ1n) is 4.63. The number of aryl methyl sites for hydroxylation is 2. The fourth-order valence-electron chi connectivity index (χ4n) is 2.15. The van der Waals surface area contributed by atoms with Crippen molar-refractivity contribution in [1.82, 2.24) is 0 Å². The Morgan fingerprint density at radius 2 is 2.08 bits per heavy atom. The normalized spacial score (nSPS) is 26.2. The van der Waals surface area contributed by atoms with E-state index >= 15 is 0 Å². The molecule has 0 saturated heterocycles. The average Bonchev–Trinajstić information content (AvgIpc) is 2.32. The highest BCUT2D eigenvalue weighted by molar-refractivity contribution is 5.44. The van der Waals surface area contributed by atoms with Gasteiger partial charge in [0.15, 0.2) is 0 Å². The smallest absolute Gasteiger partial charge is 0.0773 e. The molecular formula is C11H15NO. The molecule has 3 N–H and O–H groups in total. The van der Waals surface area contributed by atoms with Gasteiger partial charge in [-0.2, -0.15) is 0 Å². The minimum Gasteiger partial charge on any atom is -0.391 e. The largest absolute Gasteiger partial charge is 0.391 e. The van der Waals surface area contributed by atoms with Crippen LogP contribution in [0.15, 0.2) is 12.1 Å². The van der Waals surface area contributed by atoms with Crippen LogP contribution < -0.4 is 5.73 Å². The summed E-state index contributed by atoms with van der Waals surface area (Å²) < 4.78 is 0. The molecule has 1 aromatic carbocycles. The third-order valence-electron chi connectivity index (χ3n) is 2.84. The predicted molar refractivity (Wildman–Crippen MR) is 52.6 cm³/mol. The standard InChI is InChI=1S/C11H15NO/c1-6-3-7(2)8-5-10(13)11(12)9(8)4-6/h3-4,10-11,13H,5,12H2,1-2H3. The SMILES string of the molecule is Cc1cc(C)c2c(c1)C(N)C(O)C2. The van der Waals surface area contributed by atoms with Crippen LogP contribution in [0.2, 0.25) is 0 Å². The summed E-state index contributed by atoms with van der Waals surface area (Å²) >= 11 is 0. The van der Waals surface area contributed by atoms with Crippen molar-refractivity contribution in [1.29, 1.82) is 0 Å². The molecule has 1 aliphatic rings. The van der Waals surface area contributed by atoms with Crippen LogP contribution in [0.4, 0.5) is 0 Å². The summed E-state index contributed by atoms with van der Waals surface area (Å²) in [6, 6.07) is 4.04.